The lowest BCUT2D eigenvalue weighted by atomic mass is 10.1. The number of fused-ring (bicyclic) bond motifs is 4. The first-order chi connectivity index (χ1) is 20.7. The predicted octanol–water partition coefficient (Wildman–Crippen LogP) is 0.550. The van der Waals surface area contributed by atoms with E-state index in [1.54, 1.807) is 16.7 Å². The zero-order chi connectivity index (χ0) is 29.9. The van der Waals surface area contributed by atoms with Crippen LogP contribution in [-0.4, -0.2) is 84.2 Å². The van der Waals surface area contributed by atoms with Gasteiger partial charge in [-0.25, -0.2) is 14.2 Å². The Labute approximate surface area is 243 Å². The smallest absolute Gasteiger partial charge is 0.366 e. The maximum absolute atomic E-state index is 13.1. The molecule has 3 aromatic rings. The van der Waals surface area contributed by atoms with Gasteiger partial charge >= 0.3 is 16.4 Å². The molecule has 3 fully saturated rings. The van der Waals surface area contributed by atoms with Crippen molar-refractivity contribution in [3.05, 3.63) is 35.8 Å². The fraction of sp³-hybridized carbons (Fsp3) is 0.500. The fourth-order valence-corrected chi connectivity index (χ4v) is 7.23. The van der Waals surface area contributed by atoms with E-state index in [9.17, 15) is 19.1 Å². The summed E-state index contributed by atoms with van der Waals surface area (Å²) in [5.41, 5.74) is 12.9. The minimum absolute atomic E-state index is 0.125. The molecule has 3 saturated heterocycles. The van der Waals surface area contributed by atoms with Crippen LogP contribution in [0.15, 0.2) is 29.5 Å². The van der Waals surface area contributed by atoms with Gasteiger partial charge in [0.1, 0.15) is 47.7 Å². The number of nitrogens with zero attached hydrogens (tertiary/aromatic N) is 6. The molecular formula is C22H27N9O10P2. The number of phosphoric ester groups is 1. The van der Waals surface area contributed by atoms with E-state index in [0.717, 1.165) is 0 Å². The summed E-state index contributed by atoms with van der Waals surface area (Å²) < 4.78 is 50.6. The highest BCUT2D eigenvalue weighted by Gasteiger charge is 2.46. The molecule has 0 radical (unpaired) electrons. The normalized spacial score (nSPS) is 36.3. The van der Waals surface area contributed by atoms with Crippen molar-refractivity contribution in [2.45, 2.75) is 55.9 Å². The summed E-state index contributed by atoms with van der Waals surface area (Å²) >= 11 is 0. The first-order valence-corrected chi connectivity index (χ1v) is 15.8. The number of amides is 1. The largest absolute Gasteiger partial charge is 0.472 e. The topological polar surface area (TPSA) is 255 Å². The maximum atomic E-state index is 13.1. The summed E-state index contributed by atoms with van der Waals surface area (Å²) in [4.78, 5) is 41.5. The summed E-state index contributed by atoms with van der Waals surface area (Å²) in [5, 5.41) is 11.2. The Morgan fingerprint density at radius 2 is 1.93 bits per heavy atom. The number of aromatic nitrogens is 5. The number of benzene rings is 1. The number of phosphoric acid groups is 1. The van der Waals surface area contributed by atoms with Gasteiger partial charge in [-0.3, -0.25) is 23.4 Å². The van der Waals surface area contributed by atoms with Crippen molar-refractivity contribution < 1.29 is 46.7 Å². The molecule has 7 N–H and O–H groups in total. The van der Waals surface area contributed by atoms with E-state index < -0.39 is 72.0 Å². The maximum Gasteiger partial charge on any atom is 0.472 e. The van der Waals surface area contributed by atoms with Crippen LogP contribution in [0.25, 0.3) is 11.0 Å². The van der Waals surface area contributed by atoms with Crippen LogP contribution in [0, 0.1) is 0 Å². The van der Waals surface area contributed by atoms with E-state index in [1.165, 1.54) is 23.4 Å². The standard InChI is InChI=1S/C22H27N9O10P2/c23-20-19-22(26-8-25-20)30(9-27-19)16-5-13-14(38-16)6-36-42(33)40-12-4-17(39-15(12)7-37-43(34,35)41-13)31-11-3-1-2-10(21(24)32)18(11)28-29-31/h1-3,8-9,12-17,20,33H,4-7,23H2,(H2,24,32)(H,25,26)(H,34,35)/t12-,13-,14?,15?,16?,17?,20?,42?/m0/s1. The number of carbonyl (C=O) groups excluding carboxylic acids is 1. The number of imidazole rings is 1. The highest BCUT2D eigenvalue weighted by atomic mass is 31.2. The Kier molecular flexibility index (Phi) is 7.51. The number of rotatable bonds is 3. The minimum atomic E-state index is -4.64. The molecule has 4 aliphatic heterocycles. The van der Waals surface area contributed by atoms with Crippen LogP contribution in [0.5, 0.6) is 0 Å². The second kappa shape index (κ2) is 11.2. The second-order valence-electron chi connectivity index (χ2n) is 10.1. The quantitative estimate of drug-likeness (QED) is 0.245. The molecule has 7 rings (SSSR count). The zero-order valence-electron chi connectivity index (χ0n) is 22.1. The number of ether oxygens (including phenoxy) is 2. The molecular weight excluding hydrogens is 612 g/mol. The third-order valence-electron chi connectivity index (χ3n) is 7.50. The number of nitrogens with two attached hydrogens (primary N) is 2. The average molecular weight is 639 g/mol. The van der Waals surface area contributed by atoms with Crippen molar-refractivity contribution in [2.75, 3.05) is 18.5 Å². The Balaban J connectivity index is 1.08. The van der Waals surface area contributed by atoms with Gasteiger partial charge in [-0.05, 0) is 12.1 Å². The van der Waals surface area contributed by atoms with Crippen LogP contribution in [-0.2, 0) is 32.1 Å². The molecule has 21 heteroatoms. The van der Waals surface area contributed by atoms with Gasteiger partial charge in [-0.2, -0.15) is 0 Å². The highest BCUT2D eigenvalue weighted by Crippen LogP contribution is 2.51. The lowest BCUT2D eigenvalue weighted by molar-refractivity contribution is -0.0635. The molecule has 4 aliphatic rings. The van der Waals surface area contributed by atoms with Gasteiger partial charge in [-0.1, -0.05) is 11.3 Å². The molecule has 0 saturated carbocycles. The molecule has 2 aromatic heterocycles. The van der Waals surface area contributed by atoms with E-state index in [0.29, 0.717) is 17.0 Å². The van der Waals surface area contributed by atoms with E-state index in [-0.39, 0.29) is 30.5 Å². The first kappa shape index (κ1) is 28.8. The van der Waals surface area contributed by atoms with Crippen molar-refractivity contribution in [2.24, 2.45) is 16.5 Å². The SMILES string of the molecule is NC(=O)c1cccc2c1nnn2C1C[C@@H]2OP(O)OCC3OC(n4cnc5c4NC=NC5N)C[C@@H]3OP(=O)(O)OCC2O1. The number of carbonyl (C=O) groups is 1. The first-order valence-electron chi connectivity index (χ1n) is 13.2. The van der Waals surface area contributed by atoms with E-state index in [4.69, 9.17) is 39.0 Å². The van der Waals surface area contributed by atoms with Crippen molar-refractivity contribution in [1.82, 2.24) is 24.5 Å². The molecule has 0 bridgehead atoms. The lowest BCUT2D eigenvalue weighted by Crippen LogP contribution is -2.32. The summed E-state index contributed by atoms with van der Waals surface area (Å²) in [6.45, 7) is -0.644. The third-order valence-corrected chi connectivity index (χ3v) is 9.33. The number of hydrogen-bond acceptors (Lipinski definition) is 15. The van der Waals surface area contributed by atoms with E-state index in [1.807, 2.05) is 0 Å². The molecule has 230 valence electrons. The van der Waals surface area contributed by atoms with E-state index >= 15 is 0 Å². The summed E-state index contributed by atoms with van der Waals surface area (Å²) in [6.07, 6.45) is -2.46. The van der Waals surface area contributed by atoms with Crippen LogP contribution in [0.3, 0.4) is 0 Å². The summed E-state index contributed by atoms with van der Waals surface area (Å²) in [6, 6.07) is 4.85. The number of anilines is 1. The fourth-order valence-electron chi connectivity index (χ4n) is 5.48. The molecule has 1 aromatic carbocycles. The van der Waals surface area contributed by atoms with Crippen LogP contribution < -0.4 is 16.8 Å². The lowest BCUT2D eigenvalue weighted by Gasteiger charge is -2.26. The Morgan fingerprint density at radius 1 is 1.14 bits per heavy atom. The molecule has 6 heterocycles. The van der Waals surface area contributed by atoms with Gasteiger partial charge in [0.25, 0.3) is 5.91 Å². The van der Waals surface area contributed by atoms with Crippen LogP contribution in [0.4, 0.5) is 5.82 Å². The monoisotopic (exact) mass is 639 g/mol. The molecule has 19 nitrogen and oxygen atoms in total. The average Bonchev–Trinajstić information content (AvgIpc) is 3.75. The Morgan fingerprint density at radius 3 is 2.77 bits per heavy atom. The number of nitrogens with one attached hydrogen (secondary N) is 1. The van der Waals surface area contributed by atoms with Crippen molar-refractivity contribution in [3.63, 3.8) is 0 Å². The van der Waals surface area contributed by atoms with Crippen molar-refractivity contribution >= 4 is 45.5 Å². The van der Waals surface area contributed by atoms with Crippen LogP contribution in [0.2, 0.25) is 0 Å². The van der Waals surface area contributed by atoms with Gasteiger partial charge in [0.2, 0.25) is 0 Å². The van der Waals surface area contributed by atoms with Gasteiger partial charge in [0, 0.05) is 12.8 Å². The predicted molar refractivity (Wildman–Crippen MR) is 145 cm³/mol. The number of primary amides is 1. The van der Waals surface area contributed by atoms with Crippen LogP contribution in [0.1, 0.15) is 47.5 Å². The van der Waals surface area contributed by atoms with E-state index in [2.05, 4.69) is 25.6 Å². The molecule has 0 spiro atoms. The molecule has 1 amide bonds. The zero-order valence-corrected chi connectivity index (χ0v) is 23.9. The van der Waals surface area contributed by atoms with Gasteiger partial charge in [-0.15, -0.1) is 5.10 Å². The molecule has 9 atom stereocenters. The summed E-state index contributed by atoms with van der Waals surface area (Å²) in [5.74, 6) is -0.100. The second-order valence-corrected chi connectivity index (χ2v) is 12.5. The van der Waals surface area contributed by atoms with Crippen molar-refractivity contribution in [1.29, 1.82) is 0 Å². The summed E-state index contributed by atoms with van der Waals surface area (Å²) in [7, 11) is -7.08. The number of hydrogen-bond donors (Lipinski definition) is 5. The molecule has 43 heavy (non-hydrogen) atoms. The Hall–Kier alpha value is -2.93. The van der Waals surface area contributed by atoms with Gasteiger partial charge in [0.15, 0.2) is 6.23 Å². The molecule has 0 aliphatic carbocycles. The van der Waals surface area contributed by atoms with Crippen LogP contribution >= 0.6 is 16.4 Å². The molecule has 7 unspecified atom stereocenters. The third kappa shape index (κ3) is 5.47. The minimum Gasteiger partial charge on any atom is -0.366 e. The van der Waals surface area contributed by atoms with Crippen molar-refractivity contribution in [3.8, 4) is 0 Å². The highest BCUT2D eigenvalue weighted by molar-refractivity contribution is 7.47. The van der Waals surface area contributed by atoms with Gasteiger partial charge < -0.3 is 45.1 Å². The number of aliphatic imine (C=N–C) groups is 1. The van der Waals surface area contributed by atoms with Gasteiger partial charge in [0.05, 0.1) is 43.1 Å². The Bertz CT molecular complexity index is 1620.